The first-order chi connectivity index (χ1) is 19.5. The molecule has 7 heteroatoms. The lowest BCUT2D eigenvalue weighted by Gasteiger charge is -2.12. The van der Waals surface area contributed by atoms with Crippen LogP contribution in [0.4, 0.5) is 0 Å². The van der Waals surface area contributed by atoms with Crippen LogP contribution in [0.5, 0.6) is 0 Å². The third-order valence-corrected chi connectivity index (χ3v) is 7.40. The van der Waals surface area contributed by atoms with Crippen LogP contribution in [0.25, 0.3) is 28.2 Å². The second-order valence-electron chi connectivity index (χ2n) is 10.1. The van der Waals surface area contributed by atoms with Crippen molar-refractivity contribution >= 4 is 8.25 Å². The summed E-state index contributed by atoms with van der Waals surface area (Å²) in [6, 6.07) is 30.7. The van der Waals surface area contributed by atoms with Crippen molar-refractivity contribution in [2.24, 2.45) is 5.92 Å². The molecule has 3 aromatic carbocycles. The molecule has 1 aromatic heterocycles. The number of unbranched alkanes of at least 4 members (excludes halogenated alkanes) is 4. The van der Waals surface area contributed by atoms with Gasteiger partial charge in [0, 0.05) is 17.7 Å². The molecule has 0 saturated carbocycles. The predicted molar refractivity (Wildman–Crippen MR) is 166 cm³/mol. The summed E-state index contributed by atoms with van der Waals surface area (Å²) in [5.41, 5.74) is 5.03. The second-order valence-corrected chi connectivity index (χ2v) is 10.6. The zero-order valence-corrected chi connectivity index (χ0v) is 24.7. The van der Waals surface area contributed by atoms with Gasteiger partial charge in [-0.05, 0) is 24.5 Å². The molecule has 1 heterocycles. The van der Waals surface area contributed by atoms with Gasteiger partial charge in [0.25, 0.3) is 0 Å². The lowest BCUT2D eigenvalue weighted by atomic mass is 9.96. The van der Waals surface area contributed by atoms with Crippen LogP contribution >= 0.6 is 8.25 Å². The van der Waals surface area contributed by atoms with E-state index in [2.05, 4.69) is 50.2 Å². The molecule has 2 N–H and O–H groups in total. The highest BCUT2D eigenvalue weighted by atomic mass is 31.1. The van der Waals surface area contributed by atoms with Crippen LogP contribution in [0.3, 0.4) is 0 Å². The van der Waals surface area contributed by atoms with Gasteiger partial charge >= 0.3 is 13.9 Å². The van der Waals surface area contributed by atoms with Crippen molar-refractivity contribution in [2.75, 3.05) is 0 Å². The van der Waals surface area contributed by atoms with Crippen LogP contribution in [-0.2, 0) is 11.1 Å². The molecule has 0 saturated heterocycles. The van der Waals surface area contributed by atoms with Crippen LogP contribution in [0.2, 0.25) is 0 Å². The molecule has 0 fully saturated rings. The summed E-state index contributed by atoms with van der Waals surface area (Å²) >= 11 is 0. The van der Waals surface area contributed by atoms with Gasteiger partial charge in [-0.15, -0.1) is 0 Å². The fraction of sp³-hybridized carbons (Fsp3) is 0.364. The maximum Gasteiger partial charge on any atom is 0.333 e. The largest absolute Gasteiger partial charge is 0.333 e. The monoisotopic (exact) mass is 562 g/mol. The minimum absolute atomic E-state index is 0.0349. The Morgan fingerprint density at radius 2 is 1.12 bits per heavy atom. The van der Waals surface area contributed by atoms with Crippen molar-refractivity contribution in [2.45, 2.75) is 71.8 Å². The summed E-state index contributed by atoms with van der Waals surface area (Å²) in [7, 11) is -3.13. The predicted octanol–water partition coefficient (Wildman–Crippen LogP) is 8.11. The van der Waals surface area contributed by atoms with E-state index in [1.165, 1.54) is 38.5 Å². The first-order valence-corrected chi connectivity index (χ1v) is 15.7. The Morgan fingerprint density at radius 1 is 0.675 bits per heavy atom. The SMILES string of the molecule is CCC(CC)CCCCCCCn1c(-c2ccccc2)c(-c2ccccc2)n(-c2ccccc2)c1=O.O=[PH](O)O. The number of rotatable bonds is 13. The number of hydrogen-bond donors (Lipinski definition) is 2. The van der Waals surface area contributed by atoms with Gasteiger partial charge in [-0.3, -0.25) is 13.7 Å². The van der Waals surface area contributed by atoms with Crippen molar-refractivity contribution in [3.63, 3.8) is 0 Å². The zero-order valence-electron chi connectivity index (χ0n) is 23.7. The van der Waals surface area contributed by atoms with Gasteiger partial charge in [0.1, 0.15) is 0 Å². The van der Waals surface area contributed by atoms with Crippen molar-refractivity contribution in [1.29, 1.82) is 0 Å². The Labute approximate surface area is 238 Å². The Hall–Kier alpha value is -3.18. The van der Waals surface area contributed by atoms with Gasteiger partial charge in [0.2, 0.25) is 0 Å². The zero-order chi connectivity index (χ0) is 28.7. The Balaban J connectivity index is 0.00000103. The van der Waals surface area contributed by atoms with Gasteiger partial charge in [-0.2, -0.15) is 0 Å². The van der Waals surface area contributed by atoms with E-state index in [4.69, 9.17) is 14.4 Å². The lowest BCUT2D eigenvalue weighted by molar-refractivity contribution is 0.405. The van der Waals surface area contributed by atoms with Gasteiger partial charge in [-0.1, -0.05) is 138 Å². The molecule has 6 nitrogen and oxygen atoms in total. The number of aromatic nitrogens is 2. The number of nitrogens with zero attached hydrogens (tertiary/aromatic N) is 2. The summed E-state index contributed by atoms with van der Waals surface area (Å²) in [6.07, 6.45) is 9.96. The van der Waals surface area contributed by atoms with E-state index in [0.29, 0.717) is 0 Å². The first-order valence-electron chi connectivity index (χ1n) is 14.4. The maximum atomic E-state index is 14.0. The molecule has 0 radical (unpaired) electrons. The van der Waals surface area contributed by atoms with Crippen LogP contribution < -0.4 is 5.69 Å². The molecule has 4 aromatic rings. The molecule has 0 atom stereocenters. The van der Waals surface area contributed by atoms with Gasteiger partial charge in [0.05, 0.1) is 17.1 Å². The third kappa shape index (κ3) is 8.92. The van der Waals surface area contributed by atoms with Crippen LogP contribution in [0.15, 0.2) is 95.8 Å². The van der Waals surface area contributed by atoms with E-state index < -0.39 is 8.25 Å². The molecule has 0 aliphatic heterocycles. The summed E-state index contributed by atoms with van der Waals surface area (Å²) in [6.45, 7) is 5.35. The standard InChI is InChI=1S/C33H40N2O.H3O3P/c1-3-27(4-2)19-11-6-5-7-18-26-34-31(28-20-12-8-13-21-28)32(29-22-14-9-15-23-29)35(33(34)36)30-24-16-10-17-25-30;1-4(2)3/h8-10,12-17,20-25,27H,3-7,11,18-19,26H2,1-2H3;4H,(H2,1,2,3). The van der Waals surface area contributed by atoms with E-state index in [1.54, 1.807) is 0 Å². The molecule has 0 aliphatic carbocycles. The molecule has 214 valence electrons. The van der Waals surface area contributed by atoms with E-state index in [9.17, 15) is 4.79 Å². The third-order valence-electron chi connectivity index (χ3n) is 7.40. The van der Waals surface area contributed by atoms with Crippen molar-refractivity contribution in [3.8, 4) is 28.2 Å². The summed E-state index contributed by atoms with van der Waals surface area (Å²) in [4.78, 5) is 28.3. The molecule has 0 unspecified atom stereocenters. The molecule has 40 heavy (non-hydrogen) atoms. The average molecular weight is 563 g/mol. The first kappa shape index (κ1) is 31.3. The number of imidazole rings is 1. The Morgan fingerprint density at radius 3 is 1.65 bits per heavy atom. The number of benzene rings is 3. The molecule has 0 amide bonds. The molecule has 0 aliphatic rings. The van der Waals surface area contributed by atoms with Crippen molar-refractivity contribution < 1.29 is 14.4 Å². The fourth-order valence-corrected chi connectivity index (χ4v) is 5.25. The summed E-state index contributed by atoms with van der Waals surface area (Å²) in [5, 5.41) is 0. The minimum Gasteiger partial charge on any atom is -0.326 e. The summed E-state index contributed by atoms with van der Waals surface area (Å²) < 4.78 is 12.6. The lowest BCUT2D eigenvalue weighted by Crippen LogP contribution is -2.24. The molecule has 0 spiro atoms. The van der Waals surface area contributed by atoms with E-state index in [-0.39, 0.29) is 5.69 Å². The summed E-state index contributed by atoms with van der Waals surface area (Å²) in [5.74, 6) is 0.881. The molecule has 4 rings (SSSR count). The van der Waals surface area contributed by atoms with Crippen LogP contribution in [0.1, 0.15) is 65.2 Å². The fourth-order valence-electron chi connectivity index (χ4n) is 5.25. The van der Waals surface area contributed by atoms with Crippen molar-refractivity contribution in [3.05, 3.63) is 101 Å². The normalized spacial score (nSPS) is 11.1. The van der Waals surface area contributed by atoms with E-state index in [1.807, 2.05) is 63.7 Å². The smallest absolute Gasteiger partial charge is 0.326 e. The van der Waals surface area contributed by atoms with Gasteiger partial charge in [0.15, 0.2) is 0 Å². The molecule has 0 bridgehead atoms. The van der Waals surface area contributed by atoms with Gasteiger partial charge in [-0.25, -0.2) is 4.79 Å². The van der Waals surface area contributed by atoms with E-state index in [0.717, 1.165) is 53.5 Å². The van der Waals surface area contributed by atoms with Crippen molar-refractivity contribution in [1.82, 2.24) is 9.13 Å². The topological polar surface area (TPSA) is 84.5 Å². The van der Waals surface area contributed by atoms with Crippen LogP contribution in [-0.4, -0.2) is 18.9 Å². The quantitative estimate of drug-likeness (QED) is 0.127. The van der Waals surface area contributed by atoms with E-state index >= 15 is 0 Å². The Kier molecular flexibility index (Phi) is 13.2. The number of para-hydroxylation sites is 1. The highest BCUT2D eigenvalue weighted by Gasteiger charge is 2.23. The van der Waals surface area contributed by atoms with Crippen LogP contribution in [0, 0.1) is 5.92 Å². The number of hydrogen-bond acceptors (Lipinski definition) is 2. The highest BCUT2D eigenvalue weighted by molar-refractivity contribution is 7.30. The highest BCUT2D eigenvalue weighted by Crippen LogP contribution is 2.33. The maximum absolute atomic E-state index is 14.0. The minimum atomic E-state index is -3.13. The second kappa shape index (κ2) is 16.8. The molecular formula is C33H43N2O4P. The molecular weight excluding hydrogens is 519 g/mol. The Bertz CT molecular complexity index is 1340. The average Bonchev–Trinajstić information content (AvgIpc) is 3.27. The van der Waals surface area contributed by atoms with Gasteiger partial charge < -0.3 is 9.79 Å².